The van der Waals surface area contributed by atoms with Crippen molar-refractivity contribution in [3.8, 4) is 17.2 Å². The zero-order chi connectivity index (χ0) is 18.1. The molecule has 0 aliphatic carbocycles. The highest BCUT2D eigenvalue weighted by Crippen LogP contribution is 2.35. The lowest BCUT2D eigenvalue weighted by molar-refractivity contribution is 0.100. The number of nitrogens with zero attached hydrogens (tertiary/aromatic N) is 1. The van der Waals surface area contributed by atoms with E-state index in [2.05, 4.69) is 4.98 Å². The van der Waals surface area contributed by atoms with E-state index in [0.717, 1.165) is 28.1 Å². The predicted octanol–water partition coefficient (Wildman–Crippen LogP) is 3.61. The number of H-pyrrole nitrogens is 1. The van der Waals surface area contributed by atoms with E-state index in [1.807, 2.05) is 48.2 Å². The van der Waals surface area contributed by atoms with Crippen molar-refractivity contribution in [2.45, 2.75) is 6.92 Å². The van der Waals surface area contributed by atoms with E-state index < -0.39 is 0 Å². The number of carbonyl (C=O) groups is 1. The molecular weight excluding hydrogens is 332 g/mol. The molecule has 26 heavy (non-hydrogen) atoms. The number of benzene rings is 2. The van der Waals surface area contributed by atoms with Gasteiger partial charge in [0.05, 0.1) is 13.7 Å². The molecule has 0 spiro atoms. The molecule has 0 atom stereocenters. The third-order valence-electron chi connectivity index (χ3n) is 4.63. The summed E-state index contributed by atoms with van der Waals surface area (Å²) in [7, 11) is 1.62. The number of rotatable bonds is 6. The molecule has 0 saturated heterocycles. The minimum atomic E-state index is 0.0454. The maximum absolute atomic E-state index is 12.9. The van der Waals surface area contributed by atoms with Gasteiger partial charge in [0, 0.05) is 41.0 Å². The maximum Gasteiger partial charge on any atom is 0.231 e. The molecule has 2 heterocycles. The Kier molecular flexibility index (Phi) is 4.16. The molecule has 6 nitrogen and oxygen atoms in total. The largest absolute Gasteiger partial charge is 0.497 e. The third-order valence-corrected chi connectivity index (χ3v) is 4.63. The zero-order valence-electron chi connectivity index (χ0n) is 14.7. The molecule has 134 valence electrons. The van der Waals surface area contributed by atoms with Gasteiger partial charge in [-0.05, 0) is 37.3 Å². The fraction of sp³-hybridized carbons (Fsp3) is 0.250. The van der Waals surface area contributed by atoms with Crippen molar-refractivity contribution >= 4 is 22.4 Å². The number of hydrogen-bond donors (Lipinski definition) is 1. The molecule has 0 fully saturated rings. The van der Waals surface area contributed by atoms with E-state index in [1.54, 1.807) is 13.3 Å². The molecule has 4 rings (SSSR count). The molecule has 0 radical (unpaired) electrons. The molecule has 0 bridgehead atoms. The highest BCUT2D eigenvalue weighted by atomic mass is 16.7. The Morgan fingerprint density at radius 3 is 2.85 bits per heavy atom. The summed E-state index contributed by atoms with van der Waals surface area (Å²) in [4.78, 5) is 18.1. The number of likely N-dealkylation sites (N-methyl/N-ethyl adjacent to an activating group) is 1. The Hall–Kier alpha value is -3.15. The third kappa shape index (κ3) is 2.83. The minimum Gasteiger partial charge on any atom is -0.497 e. The number of ketones is 1. The molecule has 3 aromatic rings. The number of Topliss-reactive ketones (excluding diaryl/α,β-unsaturated/α-hetero) is 1. The number of fused-ring (bicyclic) bond motifs is 2. The Balaban J connectivity index is 1.60. The summed E-state index contributed by atoms with van der Waals surface area (Å²) in [6.07, 6.45) is 1.76. The summed E-state index contributed by atoms with van der Waals surface area (Å²) in [5.74, 6) is 2.23. The van der Waals surface area contributed by atoms with Gasteiger partial charge in [0.15, 0.2) is 17.3 Å². The molecule has 0 saturated carbocycles. The fourth-order valence-corrected chi connectivity index (χ4v) is 3.18. The van der Waals surface area contributed by atoms with Crippen LogP contribution < -0.4 is 19.1 Å². The Morgan fingerprint density at radius 2 is 2.04 bits per heavy atom. The Labute approximate surface area is 151 Å². The summed E-state index contributed by atoms with van der Waals surface area (Å²) >= 11 is 0. The van der Waals surface area contributed by atoms with Crippen LogP contribution in [0, 0.1) is 0 Å². The monoisotopic (exact) mass is 352 g/mol. The molecular formula is C20H20N2O4. The number of ether oxygens (including phenoxy) is 3. The van der Waals surface area contributed by atoms with E-state index in [-0.39, 0.29) is 19.1 Å². The number of aromatic amines is 1. The molecule has 1 aliphatic rings. The van der Waals surface area contributed by atoms with Crippen LogP contribution in [-0.4, -0.2) is 37.8 Å². The van der Waals surface area contributed by atoms with Crippen LogP contribution in [0.15, 0.2) is 42.6 Å². The van der Waals surface area contributed by atoms with Crippen LogP contribution in [-0.2, 0) is 0 Å². The quantitative estimate of drug-likeness (QED) is 0.687. The summed E-state index contributed by atoms with van der Waals surface area (Å²) in [6.45, 7) is 3.24. The second kappa shape index (κ2) is 6.63. The average Bonchev–Trinajstić information content (AvgIpc) is 3.31. The number of anilines is 1. The van der Waals surface area contributed by atoms with Gasteiger partial charge >= 0.3 is 0 Å². The molecule has 0 unspecified atom stereocenters. The van der Waals surface area contributed by atoms with Crippen LogP contribution >= 0.6 is 0 Å². The second-order valence-corrected chi connectivity index (χ2v) is 6.09. The van der Waals surface area contributed by atoms with Gasteiger partial charge in [0.25, 0.3) is 0 Å². The van der Waals surface area contributed by atoms with Crippen LogP contribution in [0.25, 0.3) is 10.9 Å². The molecule has 2 aromatic carbocycles. The maximum atomic E-state index is 12.9. The van der Waals surface area contributed by atoms with Crippen LogP contribution in [0.2, 0.25) is 0 Å². The second-order valence-electron chi connectivity index (χ2n) is 6.09. The first-order valence-electron chi connectivity index (χ1n) is 8.52. The van der Waals surface area contributed by atoms with Gasteiger partial charge in [0.2, 0.25) is 6.79 Å². The number of methoxy groups -OCH3 is 1. The smallest absolute Gasteiger partial charge is 0.231 e. The van der Waals surface area contributed by atoms with Crippen molar-refractivity contribution in [2.75, 3.05) is 31.9 Å². The highest BCUT2D eigenvalue weighted by molar-refractivity contribution is 6.10. The number of hydrogen-bond acceptors (Lipinski definition) is 5. The number of carbonyl (C=O) groups excluding carboxylic acids is 1. The summed E-state index contributed by atoms with van der Waals surface area (Å²) in [5, 5.41) is 0.871. The van der Waals surface area contributed by atoms with Crippen molar-refractivity contribution in [3.63, 3.8) is 0 Å². The molecule has 1 aliphatic heterocycles. The van der Waals surface area contributed by atoms with E-state index in [9.17, 15) is 4.79 Å². The summed E-state index contributed by atoms with van der Waals surface area (Å²) in [5.41, 5.74) is 2.51. The normalized spacial score (nSPS) is 12.4. The fourth-order valence-electron chi connectivity index (χ4n) is 3.18. The van der Waals surface area contributed by atoms with Crippen LogP contribution in [0.3, 0.4) is 0 Å². The van der Waals surface area contributed by atoms with Crippen LogP contribution in [0.5, 0.6) is 17.2 Å². The van der Waals surface area contributed by atoms with Gasteiger partial charge in [-0.2, -0.15) is 0 Å². The first-order chi connectivity index (χ1) is 12.7. The standard InChI is InChI=1S/C20H20N2O4/c1-3-22(13-4-7-19-20(8-13)26-12-25-19)11-18(23)16-10-21-17-6-5-14(24-2)9-15(16)17/h4-10,21H,3,11-12H2,1-2H3. The van der Waals surface area contributed by atoms with E-state index in [1.165, 1.54) is 0 Å². The van der Waals surface area contributed by atoms with Gasteiger partial charge < -0.3 is 24.1 Å². The summed E-state index contributed by atoms with van der Waals surface area (Å²) in [6, 6.07) is 11.4. The number of nitrogens with one attached hydrogen (secondary N) is 1. The highest BCUT2D eigenvalue weighted by Gasteiger charge is 2.19. The SMILES string of the molecule is CCN(CC(=O)c1c[nH]c2ccc(OC)cc12)c1ccc2c(c1)OCO2. The lowest BCUT2D eigenvalue weighted by Gasteiger charge is -2.22. The number of aromatic nitrogens is 1. The molecule has 6 heteroatoms. The lowest BCUT2D eigenvalue weighted by Crippen LogP contribution is -2.29. The van der Waals surface area contributed by atoms with Crippen LogP contribution in [0.4, 0.5) is 5.69 Å². The average molecular weight is 352 g/mol. The molecule has 1 N–H and O–H groups in total. The molecule has 0 amide bonds. The van der Waals surface area contributed by atoms with Crippen molar-refractivity contribution in [3.05, 3.63) is 48.2 Å². The summed E-state index contributed by atoms with van der Waals surface area (Å²) < 4.78 is 16.1. The van der Waals surface area contributed by atoms with E-state index in [0.29, 0.717) is 17.9 Å². The van der Waals surface area contributed by atoms with Gasteiger partial charge in [0.1, 0.15) is 5.75 Å². The Morgan fingerprint density at radius 1 is 1.19 bits per heavy atom. The van der Waals surface area contributed by atoms with Crippen molar-refractivity contribution < 1.29 is 19.0 Å². The van der Waals surface area contributed by atoms with E-state index in [4.69, 9.17) is 14.2 Å². The van der Waals surface area contributed by atoms with Gasteiger partial charge in [-0.3, -0.25) is 4.79 Å². The zero-order valence-corrected chi connectivity index (χ0v) is 14.7. The first-order valence-corrected chi connectivity index (χ1v) is 8.52. The Bertz CT molecular complexity index is 964. The molecule has 1 aromatic heterocycles. The predicted molar refractivity (Wildman–Crippen MR) is 99.6 cm³/mol. The van der Waals surface area contributed by atoms with Crippen LogP contribution in [0.1, 0.15) is 17.3 Å². The van der Waals surface area contributed by atoms with Crippen molar-refractivity contribution in [1.82, 2.24) is 4.98 Å². The lowest BCUT2D eigenvalue weighted by atomic mass is 10.1. The van der Waals surface area contributed by atoms with E-state index >= 15 is 0 Å². The van der Waals surface area contributed by atoms with Gasteiger partial charge in [-0.15, -0.1) is 0 Å². The van der Waals surface area contributed by atoms with Crippen molar-refractivity contribution in [1.29, 1.82) is 0 Å². The minimum absolute atomic E-state index is 0.0454. The van der Waals surface area contributed by atoms with Gasteiger partial charge in [-0.1, -0.05) is 0 Å². The first kappa shape index (κ1) is 16.3. The van der Waals surface area contributed by atoms with Crippen molar-refractivity contribution in [2.24, 2.45) is 0 Å². The topological polar surface area (TPSA) is 63.8 Å². The van der Waals surface area contributed by atoms with Gasteiger partial charge in [-0.25, -0.2) is 0 Å².